The minimum absolute atomic E-state index is 0.725. The molecule has 35 heavy (non-hydrogen) atoms. The normalized spacial score (nSPS) is 10.9. The second-order valence-corrected chi connectivity index (χ2v) is 9.81. The minimum atomic E-state index is 0.725. The van der Waals surface area contributed by atoms with Crippen molar-refractivity contribution in [2.24, 2.45) is 0 Å². The van der Waals surface area contributed by atoms with Crippen LogP contribution < -0.4 is 9.47 Å². The Morgan fingerprint density at radius 1 is 0.571 bits per heavy atom. The number of hydrogen-bond donors (Lipinski definition) is 0. The first-order valence-corrected chi connectivity index (χ1v) is 12.6. The highest BCUT2D eigenvalue weighted by Crippen LogP contribution is 2.53. The first-order valence-electron chi connectivity index (χ1n) is 11.4. The Morgan fingerprint density at radius 3 is 1.80 bits per heavy atom. The Morgan fingerprint density at radius 2 is 1.17 bits per heavy atom. The van der Waals surface area contributed by atoms with Gasteiger partial charge in [-0.15, -0.1) is 11.3 Å². The van der Waals surface area contributed by atoms with Crippen LogP contribution >= 0.6 is 22.9 Å². The number of ether oxygens (including phenoxy) is 2. The van der Waals surface area contributed by atoms with Crippen LogP contribution in [0, 0.1) is 6.92 Å². The zero-order valence-electron chi connectivity index (χ0n) is 19.8. The van der Waals surface area contributed by atoms with Gasteiger partial charge in [-0.05, 0) is 53.4 Å². The smallest absolute Gasteiger partial charge is 0.123 e. The number of halogens is 1. The van der Waals surface area contributed by atoms with Gasteiger partial charge in [0.05, 0.1) is 14.2 Å². The van der Waals surface area contributed by atoms with Crippen molar-refractivity contribution < 1.29 is 9.47 Å². The average Bonchev–Trinajstić information content (AvgIpc) is 3.30. The molecule has 1 heterocycles. The van der Waals surface area contributed by atoms with Crippen LogP contribution in [0.1, 0.15) is 5.56 Å². The summed E-state index contributed by atoms with van der Waals surface area (Å²) < 4.78 is 11.3. The maximum Gasteiger partial charge on any atom is 0.123 e. The Labute approximate surface area is 215 Å². The molecule has 0 N–H and O–H groups in total. The maximum atomic E-state index is 6.24. The van der Waals surface area contributed by atoms with Gasteiger partial charge in [0.15, 0.2) is 0 Å². The molecule has 2 nitrogen and oxygen atoms in total. The summed E-state index contributed by atoms with van der Waals surface area (Å²) in [5.74, 6) is 1.51. The first-order chi connectivity index (χ1) is 17.1. The van der Waals surface area contributed by atoms with E-state index in [0.717, 1.165) is 38.8 Å². The molecule has 1 aromatic heterocycles. The van der Waals surface area contributed by atoms with Gasteiger partial charge in [0, 0.05) is 32.0 Å². The van der Waals surface area contributed by atoms with Crippen LogP contribution in [0.25, 0.3) is 43.1 Å². The molecule has 5 rings (SSSR count). The SMILES string of the molecule is COc1cc(OC)cc(-c2c(-c3cccc(C)c3)sc(-c3ccc(Cl)cc3)c2-c2ccccc2)c1. The summed E-state index contributed by atoms with van der Waals surface area (Å²) in [6, 6.07) is 33.4. The van der Waals surface area contributed by atoms with E-state index in [-0.39, 0.29) is 0 Å². The van der Waals surface area contributed by atoms with E-state index in [1.54, 1.807) is 25.6 Å². The number of benzene rings is 4. The predicted molar refractivity (Wildman–Crippen MR) is 149 cm³/mol. The van der Waals surface area contributed by atoms with E-state index in [4.69, 9.17) is 21.1 Å². The summed E-state index contributed by atoms with van der Waals surface area (Å²) in [6.07, 6.45) is 0. The molecule has 0 atom stereocenters. The lowest BCUT2D eigenvalue weighted by atomic mass is 9.91. The fourth-order valence-electron chi connectivity index (χ4n) is 4.33. The molecule has 0 fully saturated rings. The van der Waals surface area contributed by atoms with Crippen LogP contribution in [-0.2, 0) is 0 Å². The van der Waals surface area contributed by atoms with E-state index in [0.29, 0.717) is 0 Å². The molecule has 0 unspecified atom stereocenters. The van der Waals surface area contributed by atoms with Crippen LogP contribution in [0.15, 0.2) is 97.1 Å². The van der Waals surface area contributed by atoms with Gasteiger partial charge >= 0.3 is 0 Å². The number of methoxy groups -OCH3 is 2. The molecule has 0 aliphatic carbocycles. The van der Waals surface area contributed by atoms with Crippen LogP contribution in [0.5, 0.6) is 11.5 Å². The fraction of sp³-hybridized carbons (Fsp3) is 0.0968. The van der Waals surface area contributed by atoms with E-state index in [9.17, 15) is 0 Å². The molecule has 174 valence electrons. The summed E-state index contributed by atoms with van der Waals surface area (Å²) in [6.45, 7) is 2.13. The minimum Gasteiger partial charge on any atom is -0.497 e. The molecule has 0 saturated carbocycles. The summed E-state index contributed by atoms with van der Waals surface area (Å²) in [5.41, 5.74) is 8.09. The lowest BCUT2D eigenvalue weighted by Gasteiger charge is -2.13. The molecule has 0 bridgehead atoms. The van der Waals surface area contributed by atoms with Gasteiger partial charge in [-0.3, -0.25) is 0 Å². The van der Waals surface area contributed by atoms with E-state index >= 15 is 0 Å². The van der Waals surface area contributed by atoms with Crippen LogP contribution in [0.2, 0.25) is 5.02 Å². The topological polar surface area (TPSA) is 18.5 Å². The van der Waals surface area contributed by atoms with Gasteiger partial charge in [0.25, 0.3) is 0 Å². The highest BCUT2D eigenvalue weighted by atomic mass is 35.5. The Bertz CT molecular complexity index is 1450. The second-order valence-electron chi connectivity index (χ2n) is 8.35. The van der Waals surface area contributed by atoms with Crippen molar-refractivity contribution in [1.29, 1.82) is 0 Å². The van der Waals surface area contributed by atoms with Crippen LogP contribution in [-0.4, -0.2) is 14.2 Å². The summed E-state index contributed by atoms with van der Waals surface area (Å²) in [7, 11) is 3.37. The van der Waals surface area contributed by atoms with Gasteiger partial charge in [0.1, 0.15) is 11.5 Å². The molecule has 0 amide bonds. The molecule has 0 aliphatic rings. The molecule has 0 spiro atoms. The van der Waals surface area contributed by atoms with Crippen LogP contribution in [0.3, 0.4) is 0 Å². The van der Waals surface area contributed by atoms with Crippen molar-refractivity contribution >= 4 is 22.9 Å². The van der Waals surface area contributed by atoms with E-state index in [2.05, 4.69) is 79.7 Å². The van der Waals surface area contributed by atoms with Crippen molar-refractivity contribution in [2.45, 2.75) is 6.92 Å². The lowest BCUT2D eigenvalue weighted by molar-refractivity contribution is 0.394. The predicted octanol–water partition coefficient (Wildman–Crippen LogP) is 9.40. The highest BCUT2D eigenvalue weighted by Gasteiger charge is 2.24. The number of hydrogen-bond acceptors (Lipinski definition) is 3. The summed E-state index contributed by atoms with van der Waals surface area (Å²) in [5, 5.41) is 0.725. The fourth-order valence-corrected chi connectivity index (χ4v) is 5.81. The third-order valence-corrected chi connectivity index (χ3v) is 7.54. The zero-order valence-corrected chi connectivity index (χ0v) is 21.4. The number of aryl methyl sites for hydroxylation is 1. The highest BCUT2D eigenvalue weighted by molar-refractivity contribution is 7.20. The summed E-state index contributed by atoms with van der Waals surface area (Å²) >= 11 is 8.04. The Balaban J connectivity index is 1.90. The first kappa shape index (κ1) is 23.2. The molecular weight excluding hydrogens is 472 g/mol. The van der Waals surface area contributed by atoms with E-state index < -0.39 is 0 Å². The molecule has 0 radical (unpaired) electrons. The van der Waals surface area contributed by atoms with Crippen molar-refractivity contribution in [1.82, 2.24) is 0 Å². The third-order valence-electron chi connectivity index (χ3n) is 6.00. The molecule has 4 aromatic carbocycles. The van der Waals surface area contributed by atoms with Gasteiger partial charge in [-0.25, -0.2) is 0 Å². The Kier molecular flexibility index (Phi) is 6.63. The average molecular weight is 497 g/mol. The van der Waals surface area contributed by atoms with Gasteiger partial charge < -0.3 is 9.47 Å². The monoisotopic (exact) mass is 496 g/mol. The standard InChI is InChI=1S/C31H25ClO2S/c1-20-8-7-11-23(16-20)31-29(24-17-26(33-2)19-27(18-24)34-3)28(21-9-5-4-6-10-21)30(35-31)22-12-14-25(32)15-13-22/h4-19H,1-3H3. The van der Waals surface area contributed by atoms with Gasteiger partial charge in [-0.1, -0.05) is 83.9 Å². The third kappa shape index (κ3) is 4.70. The lowest BCUT2D eigenvalue weighted by Crippen LogP contribution is -1.91. The van der Waals surface area contributed by atoms with Crippen molar-refractivity contribution in [3.8, 4) is 54.6 Å². The summed E-state index contributed by atoms with van der Waals surface area (Å²) in [4.78, 5) is 2.40. The van der Waals surface area contributed by atoms with Crippen molar-refractivity contribution in [2.75, 3.05) is 14.2 Å². The zero-order chi connectivity index (χ0) is 24.4. The maximum absolute atomic E-state index is 6.24. The van der Waals surface area contributed by atoms with Gasteiger partial charge in [-0.2, -0.15) is 0 Å². The van der Waals surface area contributed by atoms with Gasteiger partial charge in [0.2, 0.25) is 0 Å². The quantitative estimate of drug-likeness (QED) is 0.233. The second kappa shape index (κ2) is 9.99. The molecular formula is C31H25ClO2S. The molecule has 0 aliphatic heterocycles. The molecule has 0 saturated heterocycles. The number of thiophene rings is 1. The van der Waals surface area contributed by atoms with Crippen molar-refractivity contribution in [3.63, 3.8) is 0 Å². The van der Waals surface area contributed by atoms with Crippen LogP contribution in [0.4, 0.5) is 0 Å². The molecule has 5 aromatic rings. The Hall–Kier alpha value is -3.53. The molecule has 4 heteroatoms. The van der Waals surface area contributed by atoms with E-state index in [1.807, 2.05) is 24.3 Å². The van der Waals surface area contributed by atoms with E-state index in [1.165, 1.54) is 26.4 Å². The number of rotatable bonds is 6. The van der Waals surface area contributed by atoms with Crippen molar-refractivity contribution in [3.05, 3.63) is 108 Å². The largest absolute Gasteiger partial charge is 0.497 e.